The first-order valence-electron chi connectivity index (χ1n) is 9.38. The lowest BCUT2D eigenvalue weighted by Gasteiger charge is -2.34. The molecule has 0 aromatic heterocycles. The van der Waals surface area contributed by atoms with Gasteiger partial charge in [0.25, 0.3) is 5.91 Å². The molecule has 1 aromatic rings. The number of urea groups is 1. The van der Waals surface area contributed by atoms with E-state index in [9.17, 15) is 9.59 Å². The summed E-state index contributed by atoms with van der Waals surface area (Å²) in [6.07, 6.45) is 0.910. The highest BCUT2D eigenvalue weighted by Gasteiger charge is 2.53. The summed E-state index contributed by atoms with van der Waals surface area (Å²) >= 11 is 0. The maximum atomic E-state index is 12.9. The third kappa shape index (κ3) is 2.67. The van der Waals surface area contributed by atoms with Crippen molar-refractivity contribution >= 4 is 29.4 Å². The number of amides is 3. The van der Waals surface area contributed by atoms with E-state index in [1.54, 1.807) is 7.05 Å². The summed E-state index contributed by atoms with van der Waals surface area (Å²) in [7, 11) is 1.68. The standard InChI is InChI=1S/C19H24N5O3/c1-4-22-17(25)15-16(21(3)19(22)26)20-18-23(11-6-12-24(15)18)13-7-9-14(10-8-13)27-5-2/h7-10,15H,4-6,11-12H2,1-3H3/q+1. The van der Waals surface area contributed by atoms with E-state index >= 15 is 0 Å². The van der Waals surface area contributed by atoms with Gasteiger partial charge < -0.3 is 4.74 Å². The van der Waals surface area contributed by atoms with Crippen molar-refractivity contribution < 1.29 is 18.9 Å². The first kappa shape index (κ1) is 17.5. The zero-order chi connectivity index (χ0) is 19.1. The Bertz CT molecular complexity index is 845. The number of hydrogen-bond donors (Lipinski definition) is 0. The minimum Gasteiger partial charge on any atom is -0.494 e. The van der Waals surface area contributed by atoms with E-state index in [4.69, 9.17) is 9.73 Å². The van der Waals surface area contributed by atoms with Gasteiger partial charge in [-0.1, -0.05) is 4.99 Å². The lowest BCUT2D eigenvalue weighted by atomic mass is 10.1. The van der Waals surface area contributed by atoms with Crippen molar-refractivity contribution in [2.24, 2.45) is 4.99 Å². The van der Waals surface area contributed by atoms with Crippen molar-refractivity contribution in [3.05, 3.63) is 24.3 Å². The van der Waals surface area contributed by atoms with Crippen molar-refractivity contribution in [2.75, 3.05) is 38.2 Å². The molecule has 1 unspecified atom stereocenters. The number of carbonyl (C=O) groups is 2. The molecule has 0 radical (unpaired) electrons. The molecule has 0 saturated carbocycles. The predicted molar refractivity (Wildman–Crippen MR) is 101 cm³/mol. The molecule has 4 rings (SSSR count). The van der Waals surface area contributed by atoms with Gasteiger partial charge in [0, 0.05) is 20.0 Å². The van der Waals surface area contributed by atoms with Gasteiger partial charge in [-0.3, -0.25) is 14.6 Å². The predicted octanol–water partition coefficient (Wildman–Crippen LogP) is 1.36. The Balaban J connectivity index is 1.71. The number of guanidine groups is 1. The second-order valence-corrected chi connectivity index (χ2v) is 6.72. The number of amidine groups is 1. The van der Waals surface area contributed by atoms with Gasteiger partial charge in [0.2, 0.25) is 11.9 Å². The number of anilines is 1. The summed E-state index contributed by atoms with van der Waals surface area (Å²) < 4.78 is 7.54. The molecule has 0 spiro atoms. The quantitative estimate of drug-likeness (QED) is 0.751. The molecule has 1 aromatic carbocycles. The molecular weight excluding hydrogens is 346 g/mol. The average Bonchev–Trinajstić information content (AvgIpc) is 3.08. The van der Waals surface area contributed by atoms with E-state index in [0.717, 1.165) is 36.9 Å². The van der Waals surface area contributed by atoms with Gasteiger partial charge in [-0.15, -0.1) is 0 Å². The second kappa shape index (κ2) is 6.68. The Morgan fingerprint density at radius 1 is 1.22 bits per heavy atom. The number of nitrogens with zero attached hydrogens (tertiary/aromatic N) is 5. The van der Waals surface area contributed by atoms with Crippen molar-refractivity contribution in [3.63, 3.8) is 0 Å². The van der Waals surface area contributed by atoms with E-state index in [-0.39, 0.29) is 11.9 Å². The number of imide groups is 1. The minimum atomic E-state index is -0.520. The van der Waals surface area contributed by atoms with Gasteiger partial charge in [-0.2, -0.15) is 0 Å². The number of carbonyl (C=O) groups excluding carboxylic acids is 2. The van der Waals surface area contributed by atoms with Crippen LogP contribution in [-0.2, 0) is 4.79 Å². The average molecular weight is 370 g/mol. The third-order valence-corrected chi connectivity index (χ3v) is 5.19. The van der Waals surface area contributed by atoms with Gasteiger partial charge in [0.1, 0.15) is 11.4 Å². The number of benzene rings is 1. The number of aliphatic imine (C=N–C) groups is 1. The molecule has 3 amide bonds. The maximum Gasteiger partial charge on any atom is 0.397 e. The van der Waals surface area contributed by atoms with Crippen molar-refractivity contribution in [1.29, 1.82) is 0 Å². The molecular formula is C19H24N5O3+. The van der Waals surface area contributed by atoms with Crippen LogP contribution in [0.2, 0.25) is 0 Å². The molecule has 1 saturated heterocycles. The molecule has 27 heavy (non-hydrogen) atoms. The highest BCUT2D eigenvalue weighted by Crippen LogP contribution is 2.27. The van der Waals surface area contributed by atoms with E-state index in [1.807, 2.05) is 42.7 Å². The molecule has 1 atom stereocenters. The smallest absolute Gasteiger partial charge is 0.397 e. The largest absolute Gasteiger partial charge is 0.494 e. The van der Waals surface area contributed by atoms with E-state index in [1.165, 1.54) is 9.80 Å². The fourth-order valence-corrected chi connectivity index (χ4v) is 3.87. The highest BCUT2D eigenvalue weighted by molar-refractivity contribution is 6.24. The van der Waals surface area contributed by atoms with Gasteiger partial charge in [0.15, 0.2) is 0 Å². The molecule has 3 heterocycles. The summed E-state index contributed by atoms with van der Waals surface area (Å²) in [6.45, 7) is 6.31. The van der Waals surface area contributed by atoms with Crippen LogP contribution in [0, 0.1) is 0 Å². The number of ether oxygens (including phenoxy) is 1. The first-order valence-corrected chi connectivity index (χ1v) is 9.38. The number of fused-ring (bicyclic) bond motifs is 2. The zero-order valence-corrected chi connectivity index (χ0v) is 15.9. The van der Waals surface area contributed by atoms with Crippen LogP contribution in [0.3, 0.4) is 0 Å². The molecule has 3 aliphatic heterocycles. The van der Waals surface area contributed by atoms with E-state index in [2.05, 4.69) is 4.90 Å². The topological polar surface area (TPSA) is 68.5 Å². The molecule has 1 fully saturated rings. The second-order valence-electron chi connectivity index (χ2n) is 6.72. The van der Waals surface area contributed by atoms with Crippen LogP contribution >= 0.6 is 0 Å². The fourth-order valence-electron chi connectivity index (χ4n) is 3.87. The molecule has 8 heteroatoms. The van der Waals surface area contributed by atoms with E-state index < -0.39 is 6.04 Å². The van der Waals surface area contributed by atoms with Crippen LogP contribution in [0.15, 0.2) is 29.3 Å². The van der Waals surface area contributed by atoms with E-state index in [0.29, 0.717) is 19.0 Å². The monoisotopic (exact) mass is 370 g/mol. The SMILES string of the molecule is CCOc1ccc(N2CCC[N+]3=C2N=C2C3C(=O)N(CC)C(=O)N2C)cc1. The molecule has 8 nitrogen and oxygen atoms in total. The molecule has 3 aliphatic rings. The van der Waals surface area contributed by atoms with Gasteiger partial charge in [0.05, 0.1) is 19.7 Å². The van der Waals surface area contributed by atoms with Crippen molar-refractivity contribution in [2.45, 2.75) is 26.3 Å². The zero-order valence-electron chi connectivity index (χ0n) is 15.9. The number of hydrogen-bond acceptors (Lipinski definition) is 5. The minimum absolute atomic E-state index is 0.192. The number of likely N-dealkylation sites (N-methyl/N-ethyl adjacent to an activating group) is 2. The van der Waals surface area contributed by atoms with Gasteiger partial charge in [-0.25, -0.2) is 14.3 Å². The summed E-state index contributed by atoms with van der Waals surface area (Å²) in [5, 5.41) is 0. The molecule has 0 aliphatic carbocycles. The van der Waals surface area contributed by atoms with Crippen molar-refractivity contribution in [3.8, 4) is 5.75 Å². The van der Waals surface area contributed by atoms with Crippen LogP contribution in [0.1, 0.15) is 20.3 Å². The lowest BCUT2D eigenvalue weighted by molar-refractivity contribution is -0.539. The summed E-state index contributed by atoms with van der Waals surface area (Å²) in [5.74, 6) is 1.88. The Morgan fingerprint density at radius 2 is 1.96 bits per heavy atom. The summed E-state index contributed by atoms with van der Waals surface area (Å²) in [6, 6.07) is 7.04. The first-order chi connectivity index (χ1) is 13.1. The van der Waals surface area contributed by atoms with Crippen LogP contribution in [0.4, 0.5) is 10.5 Å². The van der Waals surface area contributed by atoms with Gasteiger partial charge in [-0.05, 0) is 38.1 Å². The van der Waals surface area contributed by atoms with Gasteiger partial charge >= 0.3 is 12.0 Å². The Morgan fingerprint density at radius 3 is 2.63 bits per heavy atom. The molecule has 0 N–H and O–H groups in total. The Kier molecular flexibility index (Phi) is 4.33. The Hall–Kier alpha value is -2.90. The highest BCUT2D eigenvalue weighted by atomic mass is 16.5. The van der Waals surface area contributed by atoms with Crippen LogP contribution in [0.25, 0.3) is 0 Å². The summed E-state index contributed by atoms with van der Waals surface area (Å²) in [4.78, 5) is 35.0. The van der Waals surface area contributed by atoms with Crippen LogP contribution in [-0.4, -0.2) is 77.4 Å². The third-order valence-electron chi connectivity index (χ3n) is 5.19. The maximum absolute atomic E-state index is 12.9. The summed E-state index contributed by atoms with van der Waals surface area (Å²) in [5.41, 5.74) is 0.995. The molecule has 142 valence electrons. The molecule has 0 bridgehead atoms. The van der Waals surface area contributed by atoms with Crippen LogP contribution < -0.4 is 9.64 Å². The Labute approximate surface area is 158 Å². The number of rotatable bonds is 4. The fraction of sp³-hybridized carbons (Fsp3) is 0.474. The van der Waals surface area contributed by atoms with Crippen molar-refractivity contribution in [1.82, 2.24) is 9.80 Å². The normalized spacial score (nSPS) is 22.1. The van der Waals surface area contributed by atoms with Crippen LogP contribution in [0.5, 0.6) is 5.75 Å². The lowest BCUT2D eigenvalue weighted by Crippen LogP contribution is -2.63.